The SMILES string of the molecule is CCC(C)=C1Oc2cscc2O1. The maximum Gasteiger partial charge on any atom is 0.289 e. The van der Waals surface area contributed by atoms with Crippen LogP contribution in [-0.4, -0.2) is 0 Å². The number of hydrogen-bond donors (Lipinski definition) is 0. The maximum atomic E-state index is 5.47. The Balaban J connectivity index is 2.28. The summed E-state index contributed by atoms with van der Waals surface area (Å²) >= 11 is 1.59. The molecule has 0 bridgehead atoms. The zero-order valence-corrected chi connectivity index (χ0v) is 7.90. The Bertz CT molecular complexity index is 303. The number of hydrogen-bond acceptors (Lipinski definition) is 3. The Morgan fingerprint density at radius 2 is 1.92 bits per heavy atom. The summed E-state index contributed by atoms with van der Waals surface area (Å²) < 4.78 is 10.9. The highest BCUT2D eigenvalue weighted by atomic mass is 32.1. The van der Waals surface area contributed by atoms with Gasteiger partial charge in [0.2, 0.25) is 0 Å². The van der Waals surface area contributed by atoms with Crippen LogP contribution in [0.1, 0.15) is 20.3 Å². The molecule has 0 unspecified atom stereocenters. The van der Waals surface area contributed by atoms with Crippen LogP contribution in [0.15, 0.2) is 22.3 Å². The molecule has 2 heterocycles. The van der Waals surface area contributed by atoms with Crippen LogP contribution in [0.25, 0.3) is 0 Å². The first-order valence-corrected chi connectivity index (χ1v) is 4.87. The van der Waals surface area contributed by atoms with Crippen LogP contribution in [0.5, 0.6) is 11.5 Å². The molecule has 0 fully saturated rings. The molecule has 0 saturated heterocycles. The standard InChI is InChI=1S/C9H10O2S/c1-3-6(2)9-10-7-4-12-5-8(7)11-9/h4-5H,3H2,1-2H3. The normalized spacial score (nSPS) is 13.7. The summed E-state index contributed by atoms with van der Waals surface area (Å²) in [6, 6.07) is 0. The van der Waals surface area contributed by atoms with Gasteiger partial charge in [0.25, 0.3) is 5.95 Å². The van der Waals surface area contributed by atoms with Crippen molar-refractivity contribution in [2.45, 2.75) is 20.3 Å². The highest BCUT2D eigenvalue weighted by Gasteiger charge is 2.21. The van der Waals surface area contributed by atoms with E-state index in [-0.39, 0.29) is 0 Å². The monoisotopic (exact) mass is 182 g/mol. The predicted molar refractivity (Wildman–Crippen MR) is 48.6 cm³/mol. The van der Waals surface area contributed by atoms with E-state index in [9.17, 15) is 0 Å². The third-order valence-corrected chi connectivity index (χ3v) is 2.58. The lowest BCUT2D eigenvalue weighted by Crippen LogP contribution is -1.97. The third kappa shape index (κ3) is 1.10. The van der Waals surface area contributed by atoms with Gasteiger partial charge in [0.05, 0.1) is 0 Å². The van der Waals surface area contributed by atoms with Crippen molar-refractivity contribution in [3.05, 3.63) is 22.3 Å². The van der Waals surface area contributed by atoms with Crippen molar-refractivity contribution in [2.75, 3.05) is 0 Å². The van der Waals surface area contributed by atoms with Crippen molar-refractivity contribution in [3.8, 4) is 11.5 Å². The number of rotatable bonds is 1. The molecular weight excluding hydrogens is 172 g/mol. The molecule has 0 amide bonds. The van der Waals surface area contributed by atoms with Gasteiger partial charge >= 0.3 is 0 Å². The van der Waals surface area contributed by atoms with Crippen molar-refractivity contribution in [1.29, 1.82) is 0 Å². The smallest absolute Gasteiger partial charge is 0.289 e. The van der Waals surface area contributed by atoms with Gasteiger partial charge in [-0.3, -0.25) is 0 Å². The van der Waals surface area contributed by atoms with E-state index >= 15 is 0 Å². The second-order valence-electron chi connectivity index (χ2n) is 2.73. The van der Waals surface area contributed by atoms with Crippen molar-refractivity contribution in [3.63, 3.8) is 0 Å². The lowest BCUT2D eigenvalue weighted by Gasteiger charge is -2.00. The zero-order valence-electron chi connectivity index (χ0n) is 7.09. The molecule has 1 aliphatic heterocycles. The minimum absolute atomic E-state index is 0.662. The first-order chi connectivity index (χ1) is 5.81. The van der Waals surface area contributed by atoms with Crippen LogP contribution in [0.4, 0.5) is 0 Å². The highest BCUT2D eigenvalue weighted by Crippen LogP contribution is 2.40. The van der Waals surface area contributed by atoms with E-state index in [4.69, 9.17) is 9.47 Å². The second kappa shape index (κ2) is 2.83. The zero-order chi connectivity index (χ0) is 8.55. The molecule has 2 rings (SSSR count). The van der Waals surface area contributed by atoms with E-state index in [0.717, 1.165) is 23.5 Å². The fourth-order valence-electron chi connectivity index (χ4n) is 0.962. The fraction of sp³-hybridized carbons (Fsp3) is 0.333. The topological polar surface area (TPSA) is 18.5 Å². The summed E-state index contributed by atoms with van der Waals surface area (Å²) in [6.45, 7) is 4.10. The number of thiophene rings is 1. The Labute approximate surface area is 75.4 Å². The Kier molecular flexibility index (Phi) is 1.81. The molecule has 0 saturated carbocycles. The summed E-state index contributed by atoms with van der Waals surface area (Å²) in [5, 5.41) is 3.90. The van der Waals surface area contributed by atoms with Gasteiger partial charge in [-0.05, 0) is 13.3 Å². The van der Waals surface area contributed by atoms with Gasteiger partial charge in [0, 0.05) is 16.3 Å². The average Bonchev–Trinajstić information content (AvgIpc) is 2.60. The molecule has 1 aromatic rings. The average molecular weight is 182 g/mol. The molecule has 0 radical (unpaired) electrons. The van der Waals surface area contributed by atoms with E-state index in [0.29, 0.717) is 5.95 Å². The van der Waals surface area contributed by atoms with E-state index in [1.54, 1.807) is 11.3 Å². The summed E-state index contributed by atoms with van der Waals surface area (Å²) in [7, 11) is 0. The quantitative estimate of drug-likeness (QED) is 0.664. The number of fused-ring (bicyclic) bond motifs is 1. The minimum Gasteiger partial charge on any atom is -0.421 e. The molecular formula is C9H10O2S. The lowest BCUT2D eigenvalue weighted by atomic mass is 10.2. The molecule has 1 aliphatic rings. The second-order valence-corrected chi connectivity index (χ2v) is 3.47. The molecule has 12 heavy (non-hydrogen) atoms. The molecule has 0 atom stereocenters. The van der Waals surface area contributed by atoms with Gasteiger partial charge in [-0.1, -0.05) is 6.92 Å². The van der Waals surface area contributed by atoms with Crippen LogP contribution in [0.3, 0.4) is 0 Å². The first-order valence-electron chi connectivity index (χ1n) is 3.93. The van der Waals surface area contributed by atoms with Gasteiger partial charge in [-0.25, -0.2) is 0 Å². The van der Waals surface area contributed by atoms with Crippen LogP contribution < -0.4 is 9.47 Å². The van der Waals surface area contributed by atoms with Crippen LogP contribution in [0, 0.1) is 0 Å². The van der Waals surface area contributed by atoms with Crippen molar-refractivity contribution < 1.29 is 9.47 Å². The minimum atomic E-state index is 0.662. The Morgan fingerprint density at radius 1 is 1.33 bits per heavy atom. The maximum absolute atomic E-state index is 5.47. The summed E-state index contributed by atoms with van der Waals surface area (Å²) in [5.41, 5.74) is 1.15. The van der Waals surface area contributed by atoms with E-state index in [2.05, 4.69) is 6.92 Å². The number of ether oxygens (including phenoxy) is 2. The van der Waals surface area contributed by atoms with Crippen molar-refractivity contribution in [2.24, 2.45) is 0 Å². The predicted octanol–water partition coefficient (Wildman–Crippen LogP) is 3.16. The van der Waals surface area contributed by atoms with Crippen molar-refractivity contribution in [1.82, 2.24) is 0 Å². The fourth-order valence-corrected chi connectivity index (χ4v) is 1.61. The molecule has 3 heteroatoms. The van der Waals surface area contributed by atoms with Crippen molar-refractivity contribution >= 4 is 11.3 Å². The number of allylic oxidation sites excluding steroid dienone is 1. The molecule has 0 spiro atoms. The summed E-state index contributed by atoms with van der Waals surface area (Å²) in [6.07, 6.45) is 0.961. The first kappa shape index (κ1) is 7.68. The van der Waals surface area contributed by atoms with Gasteiger partial charge in [0.15, 0.2) is 11.5 Å². The largest absolute Gasteiger partial charge is 0.421 e. The Morgan fingerprint density at radius 3 is 2.42 bits per heavy atom. The Hall–Kier alpha value is -0.960. The van der Waals surface area contributed by atoms with E-state index in [1.807, 2.05) is 17.7 Å². The van der Waals surface area contributed by atoms with Crippen LogP contribution in [-0.2, 0) is 0 Å². The molecule has 2 nitrogen and oxygen atoms in total. The highest BCUT2D eigenvalue weighted by molar-refractivity contribution is 7.08. The van der Waals surface area contributed by atoms with Gasteiger partial charge < -0.3 is 9.47 Å². The van der Waals surface area contributed by atoms with E-state index in [1.165, 1.54) is 0 Å². The molecule has 0 N–H and O–H groups in total. The van der Waals surface area contributed by atoms with Crippen LogP contribution >= 0.6 is 11.3 Å². The van der Waals surface area contributed by atoms with Gasteiger partial charge in [-0.2, -0.15) is 0 Å². The van der Waals surface area contributed by atoms with Crippen LogP contribution in [0.2, 0.25) is 0 Å². The molecule has 0 aromatic carbocycles. The van der Waals surface area contributed by atoms with Gasteiger partial charge in [-0.15, -0.1) is 11.3 Å². The summed E-state index contributed by atoms with van der Waals surface area (Å²) in [5.74, 6) is 2.36. The third-order valence-electron chi connectivity index (χ3n) is 1.88. The summed E-state index contributed by atoms with van der Waals surface area (Å²) in [4.78, 5) is 0. The van der Waals surface area contributed by atoms with Gasteiger partial charge in [0.1, 0.15) is 0 Å². The molecule has 1 aromatic heterocycles. The lowest BCUT2D eigenvalue weighted by molar-refractivity contribution is 0.278. The van der Waals surface area contributed by atoms with E-state index < -0.39 is 0 Å². The molecule has 64 valence electrons. The molecule has 0 aliphatic carbocycles.